The van der Waals surface area contributed by atoms with Gasteiger partial charge in [-0.1, -0.05) is 11.3 Å². The first-order valence-corrected chi connectivity index (χ1v) is 11.9. The van der Waals surface area contributed by atoms with Crippen molar-refractivity contribution in [1.82, 2.24) is 30.6 Å². The summed E-state index contributed by atoms with van der Waals surface area (Å²) in [4.78, 5) is 15.0. The third kappa shape index (κ3) is 4.51. The Morgan fingerprint density at radius 1 is 1.12 bits per heavy atom. The monoisotopic (exact) mass is 473 g/mol. The number of hydrogen-bond acceptors (Lipinski definition) is 7. The number of urea groups is 1. The van der Waals surface area contributed by atoms with Gasteiger partial charge in [0, 0.05) is 29.1 Å². The summed E-state index contributed by atoms with van der Waals surface area (Å²) in [5.74, 6) is 0.382. The molecular formula is C22H25F2N7OS. The summed E-state index contributed by atoms with van der Waals surface area (Å²) in [5.41, 5.74) is 1.66. The Labute approximate surface area is 193 Å². The smallest absolute Gasteiger partial charge is 0.318 e. The van der Waals surface area contributed by atoms with Gasteiger partial charge in [0.25, 0.3) is 0 Å². The normalized spacial score (nSPS) is 22.3. The minimum atomic E-state index is -0.767. The van der Waals surface area contributed by atoms with E-state index >= 15 is 0 Å². The number of rotatable bonds is 6. The van der Waals surface area contributed by atoms with Crippen LogP contribution in [0.3, 0.4) is 0 Å². The lowest BCUT2D eigenvalue weighted by Crippen LogP contribution is -2.54. The molecule has 2 aliphatic heterocycles. The van der Waals surface area contributed by atoms with Crippen LogP contribution in [-0.4, -0.2) is 68.8 Å². The fourth-order valence-electron chi connectivity index (χ4n) is 4.93. The molecule has 2 aliphatic rings. The molecule has 5 rings (SSSR count). The Morgan fingerprint density at radius 3 is 2.55 bits per heavy atom. The number of nitrogens with one attached hydrogen (secondary N) is 2. The van der Waals surface area contributed by atoms with E-state index in [4.69, 9.17) is 0 Å². The number of aryl methyl sites for hydroxylation is 1. The van der Waals surface area contributed by atoms with Gasteiger partial charge in [0.1, 0.15) is 23.4 Å². The van der Waals surface area contributed by atoms with Gasteiger partial charge in [0.2, 0.25) is 0 Å². The van der Waals surface area contributed by atoms with E-state index in [2.05, 4.69) is 31.0 Å². The maximum absolute atomic E-state index is 13.1. The molecule has 2 amide bonds. The Kier molecular flexibility index (Phi) is 6.15. The molecule has 174 valence electrons. The molecule has 0 saturated carbocycles. The first-order chi connectivity index (χ1) is 16.0. The van der Waals surface area contributed by atoms with Crippen molar-refractivity contribution >= 4 is 34.1 Å². The fraction of sp³-hybridized carbons (Fsp3) is 0.500. The minimum absolute atomic E-state index is 0.0194. The zero-order valence-corrected chi connectivity index (χ0v) is 19.0. The lowest BCUT2D eigenvalue weighted by Gasteiger charge is -2.39. The number of halogens is 2. The summed E-state index contributed by atoms with van der Waals surface area (Å²) in [6.07, 6.45) is 3.16. The van der Waals surface area contributed by atoms with Crippen LogP contribution in [0, 0.1) is 6.92 Å². The van der Waals surface area contributed by atoms with Crippen LogP contribution in [0.25, 0.3) is 21.5 Å². The Hall–Kier alpha value is -2.79. The van der Waals surface area contributed by atoms with Crippen LogP contribution in [0.2, 0.25) is 0 Å². The highest BCUT2D eigenvalue weighted by molar-refractivity contribution is 7.14. The molecule has 1 unspecified atom stereocenters. The van der Waals surface area contributed by atoms with E-state index in [0.29, 0.717) is 18.7 Å². The number of carbonyl (C=O) groups is 1. The number of fused-ring (bicyclic) bond motifs is 3. The predicted molar refractivity (Wildman–Crippen MR) is 123 cm³/mol. The van der Waals surface area contributed by atoms with Crippen LogP contribution < -0.4 is 10.6 Å². The molecule has 0 spiro atoms. The van der Waals surface area contributed by atoms with Gasteiger partial charge in [0.05, 0.1) is 11.6 Å². The van der Waals surface area contributed by atoms with Gasteiger partial charge >= 0.3 is 6.03 Å². The maximum atomic E-state index is 13.1. The number of hydrogen-bond donors (Lipinski definition) is 2. The molecule has 4 heterocycles. The van der Waals surface area contributed by atoms with Crippen LogP contribution in [0.1, 0.15) is 30.7 Å². The number of anilines is 1. The second-order valence-electron chi connectivity index (χ2n) is 8.69. The van der Waals surface area contributed by atoms with Crippen molar-refractivity contribution in [2.75, 3.05) is 18.7 Å². The van der Waals surface area contributed by atoms with Crippen molar-refractivity contribution in [1.29, 1.82) is 0 Å². The number of carbonyl (C=O) groups excluding carboxylic acids is 1. The molecular weight excluding hydrogens is 448 g/mol. The lowest BCUT2D eigenvalue weighted by atomic mass is 9.97. The van der Waals surface area contributed by atoms with Gasteiger partial charge in [0.15, 0.2) is 5.82 Å². The molecule has 0 aliphatic carbocycles. The van der Waals surface area contributed by atoms with Crippen LogP contribution in [-0.2, 0) is 0 Å². The van der Waals surface area contributed by atoms with E-state index in [1.807, 2.05) is 30.0 Å². The molecule has 8 nitrogen and oxygen atoms in total. The molecule has 2 fully saturated rings. The number of amides is 2. The summed E-state index contributed by atoms with van der Waals surface area (Å²) in [6.45, 7) is 0.453. The molecule has 2 saturated heterocycles. The largest absolute Gasteiger partial charge is 0.323 e. The Morgan fingerprint density at radius 2 is 1.88 bits per heavy atom. The average molecular weight is 474 g/mol. The Bertz CT molecular complexity index is 1140. The van der Waals surface area contributed by atoms with Crippen molar-refractivity contribution in [2.45, 2.75) is 56.8 Å². The second-order valence-corrected chi connectivity index (χ2v) is 9.87. The number of piperidine rings is 1. The summed E-state index contributed by atoms with van der Waals surface area (Å²) >= 11 is 1.52. The van der Waals surface area contributed by atoms with E-state index in [1.165, 1.54) is 11.3 Å². The van der Waals surface area contributed by atoms with Gasteiger partial charge < -0.3 is 10.2 Å². The zero-order chi connectivity index (χ0) is 22.9. The van der Waals surface area contributed by atoms with Crippen molar-refractivity contribution < 1.29 is 13.6 Å². The Balaban J connectivity index is 1.29. The third-order valence-corrected chi connectivity index (χ3v) is 7.29. The third-order valence-electron chi connectivity index (χ3n) is 6.40. The van der Waals surface area contributed by atoms with Crippen LogP contribution in [0.5, 0.6) is 0 Å². The molecule has 2 N–H and O–H groups in total. The molecule has 3 aromatic rings. The van der Waals surface area contributed by atoms with E-state index in [1.54, 1.807) is 6.07 Å². The van der Waals surface area contributed by atoms with E-state index < -0.39 is 19.4 Å². The standard InChI is InChI=1S/C22H25F2N7OS/c1-12-27-30-21(33-12)13-2-5-19-14(6-13)7-20(29-28-19)26-22(32)31-17-3-4-18(31)9-15(8-17)25-16(10-23)11-24/h2,5-7,15-18,25H,3-4,8-11H2,1H3,(H,26,29,32)/t15-,17-,18?/m0/s1. The van der Waals surface area contributed by atoms with Crippen molar-refractivity contribution in [3.63, 3.8) is 0 Å². The number of alkyl halides is 2. The van der Waals surface area contributed by atoms with Crippen molar-refractivity contribution in [3.8, 4) is 10.6 Å². The molecule has 3 atom stereocenters. The molecule has 1 aromatic carbocycles. The van der Waals surface area contributed by atoms with Crippen molar-refractivity contribution in [2.24, 2.45) is 0 Å². The van der Waals surface area contributed by atoms with Gasteiger partial charge in [-0.3, -0.25) is 5.32 Å². The lowest BCUT2D eigenvalue weighted by molar-refractivity contribution is 0.133. The van der Waals surface area contributed by atoms with Crippen LogP contribution >= 0.6 is 11.3 Å². The van der Waals surface area contributed by atoms with Crippen LogP contribution in [0.4, 0.5) is 19.4 Å². The number of aromatic nitrogens is 4. The van der Waals surface area contributed by atoms with E-state index in [9.17, 15) is 13.6 Å². The summed E-state index contributed by atoms with van der Waals surface area (Å²) < 4.78 is 25.8. The summed E-state index contributed by atoms with van der Waals surface area (Å²) in [7, 11) is 0. The molecule has 11 heteroatoms. The van der Waals surface area contributed by atoms with E-state index in [-0.39, 0.29) is 24.2 Å². The first-order valence-electron chi connectivity index (χ1n) is 11.1. The highest BCUT2D eigenvalue weighted by atomic mass is 32.1. The number of benzene rings is 1. The quantitative estimate of drug-likeness (QED) is 0.564. The molecule has 33 heavy (non-hydrogen) atoms. The highest BCUT2D eigenvalue weighted by Crippen LogP contribution is 2.36. The topological polar surface area (TPSA) is 95.9 Å². The van der Waals surface area contributed by atoms with Gasteiger partial charge in [-0.25, -0.2) is 13.6 Å². The van der Waals surface area contributed by atoms with Gasteiger partial charge in [-0.15, -0.1) is 20.4 Å². The van der Waals surface area contributed by atoms with Crippen LogP contribution in [0.15, 0.2) is 24.3 Å². The molecule has 0 radical (unpaired) electrons. The average Bonchev–Trinajstić information content (AvgIpc) is 3.37. The second kappa shape index (κ2) is 9.22. The van der Waals surface area contributed by atoms with E-state index in [0.717, 1.165) is 39.3 Å². The summed E-state index contributed by atoms with van der Waals surface area (Å²) in [6, 6.07) is 6.71. The summed E-state index contributed by atoms with van der Waals surface area (Å²) in [5, 5.41) is 25.2. The first kappa shape index (κ1) is 22.0. The highest BCUT2D eigenvalue weighted by Gasteiger charge is 2.43. The number of nitrogens with zero attached hydrogens (tertiary/aromatic N) is 5. The molecule has 2 aromatic heterocycles. The fourth-order valence-corrected chi connectivity index (χ4v) is 5.62. The predicted octanol–water partition coefficient (Wildman–Crippen LogP) is 3.88. The van der Waals surface area contributed by atoms with Crippen molar-refractivity contribution in [3.05, 3.63) is 29.3 Å². The zero-order valence-electron chi connectivity index (χ0n) is 18.2. The maximum Gasteiger partial charge on any atom is 0.323 e. The molecule has 2 bridgehead atoms. The van der Waals surface area contributed by atoms with Gasteiger partial charge in [-0.05, 0) is 56.9 Å². The minimum Gasteiger partial charge on any atom is -0.318 e. The SMILES string of the molecule is Cc1nnc(-c2ccc3nnc(NC(=O)N4C5CC[C@H]4C[C@H](NC(CF)CF)C5)cc3c2)s1. The van der Waals surface area contributed by atoms with Gasteiger partial charge in [-0.2, -0.15) is 0 Å².